The average Bonchev–Trinajstić information content (AvgIpc) is 3.21. The van der Waals surface area contributed by atoms with Crippen LogP contribution in [-0.4, -0.2) is 55.4 Å². The van der Waals surface area contributed by atoms with Crippen molar-refractivity contribution in [3.8, 4) is 23.0 Å². The van der Waals surface area contributed by atoms with Crippen LogP contribution in [0.4, 0.5) is 10.5 Å². The van der Waals surface area contributed by atoms with Gasteiger partial charge < -0.3 is 24.3 Å². The van der Waals surface area contributed by atoms with Crippen LogP contribution in [0.15, 0.2) is 71.6 Å². The Bertz CT molecular complexity index is 1410. The summed E-state index contributed by atoms with van der Waals surface area (Å²) in [6.45, 7) is 4.20. The number of amides is 3. The number of imide groups is 1. The predicted molar refractivity (Wildman–Crippen MR) is 154 cm³/mol. The molecule has 0 unspecified atom stereocenters. The number of carbonyl (C=O) groups is 3. The normalized spacial score (nSPS) is 13.9. The van der Waals surface area contributed by atoms with Gasteiger partial charge in [0.15, 0.2) is 29.6 Å². The summed E-state index contributed by atoms with van der Waals surface area (Å²) in [6.07, 6.45) is 1.63. The van der Waals surface area contributed by atoms with E-state index in [1.807, 2.05) is 50.2 Å². The molecular formula is C30H30N2O7S. The number of para-hydroxylation sites is 2. The molecule has 4 rings (SSSR count). The van der Waals surface area contributed by atoms with Gasteiger partial charge in [0.05, 0.1) is 25.2 Å². The zero-order chi connectivity index (χ0) is 28.5. The van der Waals surface area contributed by atoms with Crippen molar-refractivity contribution >= 4 is 40.6 Å². The van der Waals surface area contributed by atoms with E-state index in [4.69, 9.17) is 18.9 Å². The molecule has 0 bridgehead atoms. The van der Waals surface area contributed by atoms with E-state index in [0.717, 1.165) is 22.2 Å². The molecule has 0 aliphatic carbocycles. The summed E-state index contributed by atoms with van der Waals surface area (Å²) in [5.41, 5.74) is 2.43. The van der Waals surface area contributed by atoms with E-state index in [1.54, 1.807) is 43.5 Å². The molecule has 10 heteroatoms. The summed E-state index contributed by atoms with van der Waals surface area (Å²) < 4.78 is 22.4. The van der Waals surface area contributed by atoms with E-state index in [1.165, 1.54) is 0 Å². The van der Waals surface area contributed by atoms with Crippen LogP contribution >= 0.6 is 11.8 Å². The third kappa shape index (κ3) is 7.35. The van der Waals surface area contributed by atoms with Gasteiger partial charge in [-0.05, 0) is 73.6 Å². The zero-order valence-electron chi connectivity index (χ0n) is 22.5. The number of anilines is 1. The molecular weight excluding hydrogens is 532 g/mol. The number of benzene rings is 3. The fraction of sp³-hybridized carbons (Fsp3) is 0.233. The van der Waals surface area contributed by atoms with Crippen LogP contribution in [0.2, 0.25) is 0 Å². The van der Waals surface area contributed by atoms with Crippen LogP contribution in [0.5, 0.6) is 23.0 Å². The average molecular weight is 563 g/mol. The summed E-state index contributed by atoms with van der Waals surface area (Å²) in [4.78, 5) is 39.3. The van der Waals surface area contributed by atoms with Crippen LogP contribution in [0.25, 0.3) is 6.08 Å². The molecule has 1 N–H and O–H groups in total. The maximum absolute atomic E-state index is 12.9. The maximum Gasteiger partial charge on any atom is 0.293 e. The van der Waals surface area contributed by atoms with Gasteiger partial charge in [0.1, 0.15) is 6.61 Å². The van der Waals surface area contributed by atoms with Crippen LogP contribution in [0.1, 0.15) is 18.1 Å². The van der Waals surface area contributed by atoms with Crippen molar-refractivity contribution in [1.29, 1.82) is 0 Å². The lowest BCUT2D eigenvalue weighted by atomic mass is 10.2. The molecule has 40 heavy (non-hydrogen) atoms. The van der Waals surface area contributed by atoms with E-state index in [9.17, 15) is 14.4 Å². The molecule has 0 aromatic heterocycles. The number of ether oxygens (including phenoxy) is 4. The Morgan fingerprint density at radius 3 is 2.38 bits per heavy atom. The number of methoxy groups -OCH3 is 1. The number of carbonyl (C=O) groups excluding carboxylic acids is 3. The van der Waals surface area contributed by atoms with Crippen molar-refractivity contribution in [2.75, 3.05) is 38.8 Å². The molecule has 1 aliphatic heterocycles. The highest BCUT2D eigenvalue weighted by Crippen LogP contribution is 2.35. The Morgan fingerprint density at radius 2 is 1.65 bits per heavy atom. The summed E-state index contributed by atoms with van der Waals surface area (Å²) in [7, 11) is 1.54. The van der Waals surface area contributed by atoms with Gasteiger partial charge in [-0.25, -0.2) is 0 Å². The van der Waals surface area contributed by atoms with Gasteiger partial charge in [-0.15, -0.1) is 0 Å². The summed E-state index contributed by atoms with van der Waals surface area (Å²) in [5.74, 6) is 1.21. The quantitative estimate of drug-likeness (QED) is 0.287. The Morgan fingerprint density at radius 1 is 0.925 bits per heavy atom. The predicted octanol–water partition coefficient (Wildman–Crippen LogP) is 5.54. The Hall–Kier alpha value is -4.44. The van der Waals surface area contributed by atoms with Crippen molar-refractivity contribution in [3.05, 3.63) is 82.8 Å². The number of thioether (sulfide) groups is 1. The molecule has 3 aromatic carbocycles. The molecule has 9 nitrogen and oxygen atoms in total. The minimum atomic E-state index is -0.398. The fourth-order valence-corrected chi connectivity index (χ4v) is 4.67. The number of nitrogens with zero attached hydrogens (tertiary/aromatic N) is 1. The lowest BCUT2D eigenvalue weighted by molar-refractivity contribution is -0.123. The van der Waals surface area contributed by atoms with E-state index in [2.05, 4.69) is 5.32 Å². The molecule has 0 atom stereocenters. The van der Waals surface area contributed by atoms with E-state index < -0.39 is 5.91 Å². The van der Waals surface area contributed by atoms with E-state index >= 15 is 0 Å². The standard InChI is InChI=1S/C30H30N2O7S/c1-4-37-26-17-21(11-14-25(26)39-19-28(33)31-22-12-9-20(2)10-13-22)18-27-29(34)32(30(35)40-27)15-16-38-24-8-6-5-7-23(24)36-3/h5-14,17-18H,4,15-16,19H2,1-3H3,(H,31,33)/b27-18-. The highest BCUT2D eigenvalue weighted by molar-refractivity contribution is 8.18. The number of nitrogens with one attached hydrogen (secondary N) is 1. The second-order valence-corrected chi connectivity index (χ2v) is 9.67. The van der Waals surface area contributed by atoms with Gasteiger partial charge in [0.25, 0.3) is 17.1 Å². The summed E-state index contributed by atoms with van der Waals surface area (Å²) in [5, 5.41) is 2.42. The largest absolute Gasteiger partial charge is 0.493 e. The smallest absolute Gasteiger partial charge is 0.293 e. The van der Waals surface area contributed by atoms with Crippen molar-refractivity contribution < 1.29 is 33.3 Å². The minimum Gasteiger partial charge on any atom is -0.493 e. The second-order valence-electron chi connectivity index (χ2n) is 8.67. The van der Waals surface area contributed by atoms with Crippen molar-refractivity contribution in [1.82, 2.24) is 4.90 Å². The molecule has 1 saturated heterocycles. The van der Waals surface area contributed by atoms with Gasteiger partial charge in [0, 0.05) is 5.69 Å². The van der Waals surface area contributed by atoms with Crippen LogP contribution in [0, 0.1) is 6.92 Å². The monoisotopic (exact) mass is 562 g/mol. The van der Waals surface area contributed by atoms with Crippen molar-refractivity contribution in [3.63, 3.8) is 0 Å². The van der Waals surface area contributed by atoms with Crippen LogP contribution in [-0.2, 0) is 9.59 Å². The lowest BCUT2D eigenvalue weighted by Gasteiger charge is -2.14. The minimum absolute atomic E-state index is 0.0989. The zero-order valence-corrected chi connectivity index (χ0v) is 23.3. The van der Waals surface area contributed by atoms with Crippen LogP contribution in [0.3, 0.4) is 0 Å². The van der Waals surface area contributed by atoms with Gasteiger partial charge in [0.2, 0.25) is 0 Å². The van der Waals surface area contributed by atoms with Gasteiger partial charge in [-0.3, -0.25) is 19.3 Å². The number of hydrogen-bond acceptors (Lipinski definition) is 8. The lowest BCUT2D eigenvalue weighted by Crippen LogP contribution is -2.32. The van der Waals surface area contributed by atoms with E-state index in [0.29, 0.717) is 40.9 Å². The highest BCUT2D eigenvalue weighted by Gasteiger charge is 2.35. The van der Waals surface area contributed by atoms with Gasteiger partial charge >= 0.3 is 0 Å². The topological polar surface area (TPSA) is 103 Å². The molecule has 3 amide bonds. The van der Waals surface area contributed by atoms with Crippen molar-refractivity contribution in [2.24, 2.45) is 0 Å². The maximum atomic E-state index is 12.9. The molecule has 1 heterocycles. The molecule has 0 saturated carbocycles. The molecule has 0 spiro atoms. The Labute approximate surface area is 237 Å². The number of rotatable bonds is 12. The van der Waals surface area contributed by atoms with Crippen molar-refractivity contribution in [2.45, 2.75) is 13.8 Å². The molecule has 1 aliphatic rings. The third-order valence-corrected chi connectivity index (χ3v) is 6.68. The molecule has 1 fully saturated rings. The number of aryl methyl sites for hydroxylation is 1. The third-order valence-electron chi connectivity index (χ3n) is 5.77. The fourth-order valence-electron chi connectivity index (χ4n) is 3.81. The SMILES string of the molecule is CCOc1cc(/C=C2\SC(=O)N(CCOc3ccccc3OC)C2=O)ccc1OCC(=O)Nc1ccc(C)cc1. The van der Waals surface area contributed by atoms with Gasteiger partial charge in [-0.1, -0.05) is 35.9 Å². The van der Waals surface area contributed by atoms with Gasteiger partial charge in [-0.2, -0.15) is 0 Å². The van der Waals surface area contributed by atoms with Crippen LogP contribution < -0.4 is 24.3 Å². The molecule has 208 valence electrons. The first-order chi connectivity index (χ1) is 19.4. The summed E-state index contributed by atoms with van der Waals surface area (Å²) >= 11 is 0.863. The Balaban J connectivity index is 1.37. The van der Waals surface area contributed by atoms with E-state index in [-0.39, 0.29) is 35.8 Å². The second kappa shape index (κ2) is 13.6. The highest BCUT2D eigenvalue weighted by atomic mass is 32.2. The molecule has 3 aromatic rings. The first-order valence-corrected chi connectivity index (χ1v) is 13.5. The first-order valence-electron chi connectivity index (χ1n) is 12.6. The Kier molecular flexibility index (Phi) is 9.69. The first kappa shape index (κ1) is 28.6. The number of hydrogen-bond donors (Lipinski definition) is 1. The summed E-state index contributed by atoms with van der Waals surface area (Å²) in [6, 6.07) is 19.7. The molecule has 0 radical (unpaired) electrons.